The average molecular weight is 296 g/mol. The van der Waals surface area contributed by atoms with Gasteiger partial charge in [-0.15, -0.1) is 0 Å². The van der Waals surface area contributed by atoms with Gasteiger partial charge in [0.1, 0.15) is 0 Å². The van der Waals surface area contributed by atoms with Crippen molar-refractivity contribution in [1.29, 1.82) is 0 Å². The molecule has 10 heteroatoms. The van der Waals surface area contributed by atoms with Gasteiger partial charge in [0, 0.05) is 39.3 Å². The fourth-order valence-electron chi connectivity index (χ4n) is 0.779. The van der Waals surface area contributed by atoms with E-state index in [0.717, 1.165) is 0 Å². The van der Waals surface area contributed by atoms with E-state index in [1.807, 2.05) is 0 Å². The monoisotopic (exact) mass is 296 g/mol. The first-order valence-corrected chi connectivity index (χ1v) is 6.05. The molecule has 0 aliphatic rings. The summed E-state index contributed by atoms with van der Waals surface area (Å²) in [6, 6.07) is 0. The summed E-state index contributed by atoms with van der Waals surface area (Å²) in [4.78, 5) is 21.6. The minimum Gasteiger partial charge on any atom is -0.480 e. The summed E-state index contributed by atoms with van der Waals surface area (Å²) in [5.41, 5.74) is 24.8. The molecular formula is C10H28N6O4. The van der Waals surface area contributed by atoms with Gasteiger partial charge in [0.05, 0.1) is 13.1 Å². The third kappa shape index (κ3) is 30.1. The van der Waals surface area contributed by atoms with Crippen LogP contribution in [0.25, 0.3) is 0 Å². The standard InChI is InChI=1S/C6H12N2O4.2C2H8N2/c7-1-2-8(3-5(9)10)4-6(11)12;2*3-1-2-4/h1-4,7H2,(H,9,10)(H,11,12);2*1-4H2. The Kier molecular flexibility index (Phi) is 23.8. The molecule has 0 aromatic heterocycles. The van der Waals surface area contributed by atoms with Crippen molar-refractivity contribution in [3.63, 3.8) is 0 Å². The van der Waals surface area contributed by atoms with Gasteiger partial charge in [-0.25, -0.2) is 0 Å². The Balaban J connectivity index is -0.000000297. The molecule has 0 heterocycles. The molecule has 0 saturated heterocycles. The van der Waals surface area contributed by atoms with Gasteiger partial charge in [-0.05, 0) is 0 Å². The van der Waals surface area contributed by atoms with Crippen LogP contribution in [0.15, 0.2) is 0 Å². The number of nitrogens with zero attached hydrogens (tertiary/aromatic N) is 1. The van der Waals surface area contributed by atoms with E-state index >= 15 is 0 Å². The molecule has 10 nitrogen and oxygen atoms in total. The number of carbonyl (C=O) groups is 2. The molecule has 20 heavy (non-hydrogen) atoms. The number of rotatable bonds is 8. The van der Waals surface area contributed by atoms with Crippen LogP contribution in [0.1, 0.15) is 0 Å². The second-order valence-corrected chi connectivity index (χ2v) is 3.44. The molecular weight excluding hydrogens is 268 g/mol. The largest absolute Gasteiger partial charge is 0.480 e. The van der Waals surface area contributed by atoms with E-state index in [-0.39, 0.29) is 26.2 Å². The van der Waals surface area contributed by atoms with Crippen LogP contribution in [0.2, 0.25) is 0 Å². The van der Waals surface area contributed by atoms with Gasteiger partial charge in [0.15, 0.2) is 0 Å². The first-order chi connectivity index (χ1) is 9.39. The number of hydrogen-bond acceptors (Lipinski definition) is 8. The van der Waals surface area contributed by atoms with Crippen molar-refractivity contribution in [2.45, 2.75) is 0 Å². The van der Waals surface area contributed by atoms with E-state index in [0.29, 0.717) is 26.2 Å². The van der Waals surface area contributed by atoms with Crippen molar-refractivity contribution >= 4 is 11.9 Å². The molecule has 0 saturated carbocycles. The maximum atomic E-state index is 10.2. The molecule has 0 unspecified atom stereocenters. The summed E-state index contributed by atoms with van der Waals surface area (Å²) in [6.45, 7) is 2.34. The number of aliphatic carboxylic acids is 2. The third-order valence-corrected chi connectivity index (χ3v) is 1.50. The summed E-state index contributed by atoms with van der Waals surface area (Å²) in [5, 5.41) is 16.7. The Morgan fingerprint density at radius 3 is 1.15 bits per heavy atom. The van der Waals surface area contributed by atoms with Gasteiger partial charge in [-0.3, -0.25) is 14.5 Å². The predicted molar refractivity (Wildman–Crippen MR) is 77.0 cm³/mol. The van der Waals surface area contributed by atoms with Crippen molar-refractivity contribution in [2.75, 3.05) is 52.4 Å². The molecule has 0 aromatic carbocycles. The Labute approximate surface area is 118 Å². The number of carboxylic acid groups (broad SMARTS) is 2. The van der Waals surface area contributed by atoms with Crippen molar-refractivity contribution in [3.8, 4) is 0 Å². The van der Waals surface area contributed by atoms with Crippen LogP contribution in [-0.2, 0) is 9.59 Å². The SMILES string of the molecule is NCCN.NCCN.NCCN(CC(=O)O)CC(=O)O. The molecule has 12 N–H and O–H groups in total. The summed E-state index contributed by atoms with van der Waals surface area (Å²) >= 11 is 0. The average Bonchev–Trinajstić information content (AvgIpc) is 2.38. The van der Waals surface area contributed by atoms with Crippen LogP contribution in [-0.4, -0.2) is 79.4 Å². The molecule has 0 atom stereocenters. The fourth-order valence-corrected chi connectivity index (χ4v) is 0.779. The lowest BCUT2D eigenvalue weighted by Gasteiger charge is -2.15. The normalized spacial score (nSPS) is 9.10. The second kappa shape index (κ2) is 20.0. The lowest BCUT2D eigenvalue weighted by molar-refractivity contribution is -0.141. The minimum absolute atomic E-state index is 0.251. The quantitative estimate of drug-likeness (QED) is 0.232. The molecule has 0 spiro atoms. The molecule has 0 aromatic rings. The lowest BCUT2D eigenvalue weighted by Crippen LogP contribution is -2.37. The topological polar surface area (TPSA) is 208 Å². The molecule has 0 aliphatic carbocycles. The highest BCUT2D eigenvalue weighted by Crippen LogP contribution is 1.86. The second-order valence-electron chi connectivity index (χ2n) is 3.44. The van der Waals surface area contributed by atoms with Crippen molar-refractivity contribution < 1.29 is 19.8 Å². The fraction of sp³-hybridized carbons (Fsp3) is 0.800. The highest BCUT2D eigenvalue weighted by molar-refractivity contribution is 5.72. The van der Waals surface area contributed by atoms with Gasteiger partial charge in [-0.1, -0.05) is 0 Å². The maximum absolute atomic E-state index is 10.2. The van der Waals surface area contributed by atoms with Gasteiger partial charge in [-0.2, -0.15) is 0 Å². The van der Waals surface area contributed by atoms with E-state index < -0.39 is 11.9 Å². The molecule has 0 fully saturated rings. The van der Waals surface area contributed by atoms with E-state index in [4.69, 9.17) is 38.9 Å². The highest BCUT2D eigenvalue weighted by Gasteiger charge is 2.11. The summed E-state index contributed by atoms with van der Waals surface area (Å²) in [7, 11) is 0. The lowest BCUT2D eigenvalue weighted by atomic mass is 10.4. The van der Waals surface area contributed by atoms with Crippen LogP contribution in [0, 0.1) is 0 Å². The maximum Gasteiger partial charge on any atom is 0.317 e. The smallest absolute Gasteiger partial charge is 0.317 e. The number of hydrogen-bond donors (Lipinski definition) is 7. The molecule has 0 rings (SSSR count). The first kappa shape index (κ1) is 23.8. The van der Waals surface area contributed by atoms with Crippen LogP contribution in [0.5, 0.6) is 0 Å². The van der Waals surface area contributed by atoms with Crippen LogP contribution in [0.4, 0.5) is 0 Å². The number of nitrogens with two attached hydrogens (primary N) is 5. The Morgan fingerprint density at radius 2 is 1.00 bits per heavy atom. The van der Waals surface area contributed by atoms with E-state index in [2.05, 4.69) is 0 Å². The first-order valence-electron chi connectivity index (χ1n) is 6.05. The molecule has 0 radical (unpaired) electrons. The molecule has 122 valence electrons. The Morgan fingerprint density at radius 1 is 0.700 bits per heavy atom. The minimum atomic E-state index is -1.05. The zero-order valence-electron chi connectivity index (χ0n) is 11.7. The van der Waals surface area contributed by atoms with Crippen LogP contribution < -0.4 is 28.7 Å². The van der Waals surface area contributed by atoms with Crippen molar-refractivity contribution in [3.05, 3.63) is 0 Å². The third-order valence-electron chi connectivity index (χ3n) is 1.50. The van der Waals surface area contributed by atoms with E-state index in [9.17, 15) is 9.59 Å². The predicted octanol–water partition coefficient (Wildman–Crippen LogP) is -3.78. The summed E-state index contributed by atoms with van der Waals surface area (Å²) < 4.78 is 0. The van der Waals surface area contributed by atoms with Crippen molar-refractivity contribution in [1.82, 2.24) is 4.90 Å². The van der Waals surface area contributed by atoms with Crippen LogP contribution >= 0.6 is 0 Å². The summed E-state index contributed by atoms with van der Waals surface area (Å²) in [6.07, 6.45) is 0. The Bertz CT molecular complexity index is 206. The Hall–Kier alpha value is -1.30. The van der Waals surface area contributed by atoms with Crippen LogP contribution in [0.3, 0.4) is 0 Å². The molecule has 0 aliphatic heterocycles. The van der Waals surface area contributed by atoms with Gasteiger partial charge in [0.2, 0.25) is 0 Å². The van der Waals surface area contributed by atoms with Crippen molar-refractivity contribution in [2.24, 2.45) is 28.7 Å². The summed E-state index contributed by atoms with van der Waals surface area (Å²) in [5.74, 6) is -2.10. The van der Waals surface area contributed by atoms with Gasteiger partial charge >= 0.3 is 11.9 Å². The molecule has 0 amide bonds. The van der Waals surface area contributed by atoms with Gasteiger partial charge in [0.25, 0.3) is 0 Å². The highest BCUT2D eigenvalue weighted by atomic mass is 16.4. The molecule has 0 bridgehead atoms. The zero-order chi connectivity index (χ0) is 16.4. The van der Waals surface area contributed by atoms with E-state index in [1.54, 1.807) is 0 Å². The van der Waals surface area contributed by atoms with E-state index in [1.165, 1.54) is 4.90 Å². The number of carboxylic acids is 2. The van der Waals surface area contributed by atoms with Gasteiger partial charge < -0.3 is 38.9 Å². The zero-order valence-corrected chi connectivity index (χ0v) is 11.7.